The lowest BCUT2D eigenvalue weighted by Gasteiger charge is -2.16. The zero-order valence-electron chi connectivity index (χ0n) is 7.95. The van der Waals surface area contributed by atoms with Crippen molar-refractivity contribution in [1.29, 1.82) is 0 Å². The molecular weight excluding hydrogens is 170 g/mol. The van der Waals surface area contributed by atoms with Gasteiger partial charge in [-0.05, 0) is 6.42 Å². The molecule has 0 radical (unpaired) electrons. The summed E-state index contributed by atoms with van der Waals surface area (Å²) < 4.78 is 4.84. The fourth-order valence-corrected chi connectivity index (χ4v) is 1.06. The normalized spacial score (nSPS) is 15.7. The minimum atomic E-state index is -1.48. The van der Waals surface area contributed by atoms with Gasteiger partial charge in [0.15, 0.2) is 11.5 Å². The van der Waals surface area contributed by atoms with Gasteiger partial charge in [-0.15, -0.1) is 0 Å². The molecule has 0 aliphatic carbocycles. The Bertz CT molecular complexity index is 270. The van der Waals surface area contributed by atoms with Crippen molar-refractivity contribution in [2.75, 3.05) is 0 Å². The molecule has 0 bridgehead atoms. The van der Waals surface area contributed by atoms with E-state index in [0.717, 1.165) is 6.42 Å². The summed E-state index contributed by atoms with van der Waals surface area (Å²) in [6, 6.07) is 0. The molecule has 1 rings (SSSR count). The van der Waals surface area contributed by atoms with Gasteiger partial charge >= 0.3 is 0 Å². The van der Waals surface area contributed by atoms with Gasteiger partial charge in [0.1, 0.15) is 0 Å². The summed E-state index contributed by atoms with van der Waals surface area (Å²) in [5.41, 5.74) is 4.10. The maximum Gasteiger partial charge on any atom is 0.273 e. The Hall–Kier alpha value is -0.940. The lowest BCUT2D eigenvalue weighted by molar-refractivity contribution is 0.00137. The third-order valence-electron chi connectivity index (χ3n) is 1.79. The second-order valence-corrected chi connectivity index (χ2v) is 3.04. The minimum absolute atomic E-state index is 0.103. The molecule has 1 aromatic rings. The molecule has 1 atom stereocenters. The van der Waals surface area contributed by atoms with Crippen molar-refractivity contribution < 1.29 is 9.63 Å². The van der Waals surface area contributed by atoms with Gasteiger partial charge in [-0.3, -0.25) is 5.73 Å². The number of hydrogen-bond acceptors (Lipinski definition) is 5. The Balaban J connectivity index is 2.80. The van der Waals surface area contributed by atoms with Crippen molar-refractivity contribution in [2.45, 2.75) is 38.8 Å². The van der Waals surface area contributed by atoms with Crippen molar-refractivity contribution in [3.05, 3.63) is 11.7 Å². The van der Waals surface area contributed by atoms with Crippen LogP contribution in [-0.2, 0) is 12.1 Å². The highest BCUT2D eigenvalue weighted by Gasteiger charge is 2.29. The Kier molecular flexibility index (Phi) is 3.00. The van der Waals surface area contributed by atoms with Gasteiger partial charge in [-0.25, -0.2) is 0 Å². The molecule has 0 fully saturated rings. The number of nitrogens with zero attached hydrogens (tertiary/aromatic N) is 2. The first-order valence-electron chi connectivity index (χ1n) is 4.44. The smallest absolute Gasteiger partial charge is 0.273 e. The number of nitrogens with two attached hydrogens (primary N) is 1. The van der Waals surface area contributed by atoms with Gasteiger partial charge in [-0.2, -0.15) is 4.98 Å². The molecule has 0 aliphatic heterocycles. The number of hydrogen-bond donors (Lipinski definition) is 2. The average Bonchev–Trinajstić information content (AvgIpc) is 2.52. The highest BCUT2D eigenvalue weighted by atomic mass is 16.5. The Labute approximate surface area is 76.9 Å². The first-order valence-corrected chi connectivity index (χ1v) is 4.44. The van der Waals surface area contributed by atoms with E-state index in [1.807, 2.05) is 13.8 Å². The maximum absolute atomic E-state index is 9.68. The number of rotatable bonds is 4. The Morgan fingerprint density at radius 3 is 2.69 bits per heavy atom. The van der Waals surface area contributed by atoms with Crippen LogP contribution >= 0.6 is 0 Å². The molecule has 0 spiro atoms. The first-order chi connectivity index (χ1) is 6.10. The van der Waals surface area contributed by atoms with E-state index in [1.165, 1.54) is 0 Å². The largest absolute Gasteiger partial charge is 0.368 e. The second kappa shape index (κ2) is 3.85. The summed E-state index contributed by atoms with van der Waals surface area (Å²) in [5.74, 6) is 0.668. The second-order valence-electron chi connectivity index (χ2n) is 3.04. The summed E-state index contributed by atoms with van der Waals surface area (Å²) >= 11 is 0. The lowest BCUT2D eigenvalue weighted by atomic mass is 10.1. The zero-order chi connectivity index (χ0) is 9.90. The van der Waals surface area contributed by atoms with Gasteiger partial charge in [0, 0.05) is 6.42 Å². The van der Waals surface area contributed by atoms with E-state index < -0.39 is 5.72 Å². The Morgan fingerprint density at radius 2 is 2.23 bits per heavy atom. The zero-order valence-corrected chi connectivity index (χ0v) is 7.95. The predicted molar refractivity (Wildman–Crippen MR) is 46.7 cm³/mol. The van der Waals surface area contributed by atoms with Gasteiger partial charge in [0.05, 0.1) is 0 Å². The quantitative estimate of drug-likeness (QED) is 0.668. The van der Waals surface area contributed by atoms with E-state index in [0.29, 0.717) is 18.7 Å². The molecular formula is C8H15N3O2. The van der Waals surface area contributed by atoms with Crippen LogP contribution in [0.15, 0.2) is 4.52 Å². The van der Waals surface area contributed by atoms with Crippen molar-refractivity contribution in [3.8, 4) is 0 Å². The predicted octanol–water partition coefficient (Wildman–Crippen LogP) is 0.536. The molecule has 0 aliphatic rings. The fraction of sp³-hybridized carbons (Fsp3) is 0.750. The number of aliphatic hydroxyl groups is 1. The molecule has 0 aromatic carbocycles. The number of aromatic nitrogens is 2. The van der Waals surface area contributed by atoms with Gasteiger partial charge < -0.3 is 9.63 Å². The SMILES string of the molecule is CCC[C@](N)(O)c1nc(CC)no1. The molecule has 1 aromatic heterocycles. The van der Waals surface area contributed by atoms with E-state index in [9.17, 15) is 5.11 Å². The summed E-state index contributed by atoms with van der Waals surface area (Å²) in [5, 5.41) is 13.3. The van der Waals surface area contributed by atoms with Crippen LogP contribution < -0.4 is 5.73 Å². The van der Waals surface area contributed by atoms with Crippen molar-refractivity contribution >= 4 is 0 Å². The molecule has 74 valence electrons. The average molecular weight is 185 g/mol. The summed E-state index contributed by atoms with van der Waals surface area (Å²) in [7, 11) is 0. The van der Waals surface area contributed by atoms with Crippen LogP contribution in [0.25, 0.3) is 0 Å². The molecule has 0 unspecified atom stereocenters. The topological polar surface area (TPSA) is 85.2 Å². The van der Waals surface area contributed by atoms with Crippen LogP contribution in [0, 0.1) is 0 Å². The maximum atomic E-state index is 9.68. The summed E-state index contributed by atoms with van der Waals surface area (Å²) in [6.07, 6.45) is 1.85. The molecule has 3 N–H and O–H groups in total. The van der Waals surface area contributed by atoms with Gasteiger partial charge in [0.2, 0.25) is 0 Å². The van der Waals surface area contributed by atoms with E-state index in [2.05, 4.69) is 10.1 Å². The molecule has 0 amide bonds. The van der Waals surface area contributed by atoms with E-state index in [-0.39, 0.29) is 5.89 Å². The third kappa shape index (κ3) is 2.26. The van der Waals surface area contributed by atoms with Crippen LogP contribution in [0.3, 0.4) is 0 Å². The van der Waals surface area contributed by atoms with Crippen molar-refractivity contribution in [1.82, 2.24) is 10.1 Å². The van der Waals surface area contributed by atoms with E-state index >= 15 is 0 Å². The van der Waals surface area contributed by atoms with Crippen LogP contribution in [0.2, 0.25) is 0 Å². The molecule has 5 heteroatoms. The van der Waals surface area contributed by atoms with Gasteiger partial charge in [0.25, 0.3) is 5.89 Å². The standard InChI is InChI=1S/C8H15N3O2/c1-3-5-8(9,12)7-10-6(4-2)11-13-7/h12H,3-5,9H2,1-2H3/t8-/m0/s1. The summed E-state index contributed by atoms with van der Waals surface area (Å²) in [6.45, 7) is 3.83. The molecule has 13 heavy (non-hydrogen) atoms. The Morgan fingerprint density at radius 1 is 1.54 bits per heavy atom. The molecule has 0 saturated heterocycles. The monoisotopic (exact) mass is 185 g/mol. The van der Waals surface area contributed by atoms with Gasteiger partial charge in [-0.1, -0.05) is 25.4 Å². The lowest BCUT2D eigenvalue weighted by Crippen LogP contribution is -2.36. The molecule has 0 saturated carbocycles. The fourth-order valence-electron chi connectivity index (χ4n) is 1.06. The molecule has 5 nitrogen and oxygen atoms in total. The molecule has 1 heterocycles. The van der Waals surface area contributed by atoms with Crippen LogP contribution in [0.1, 0.15) is 38.4 Å². The van der Waals surface area contributed by atoms with E-state index in [1.54, 1.807) is 0 Å². The van der Waals surface area contributed by atoms with Crippen LogP contribution in [-0.4, -0.2) is 15.2 Å². The van der Waals surface area contributed by atoms with Crippen LogP contribution in [0.4, 0.5) is 0 Å². The third-order valence-corrected chi connectivity index (χ3v) is 1.79. The van der Waals surface area contributed by atoms with Crippen molar-refractivity contribution in [2.24, 2.45) is 5.73 Å². The highest BCUT2D eigenvalue weighted by Crippen LogP contribution is 2.18. The van der Waals surface area contributed by atoms with Crippen molar-refractivity contribution in [3.63, 3.8) is 0 Å². The summed E-state index contributed by atoms with van der Waals surface area (Å²) in [4.78, 5) is 3.97. The minimum Gasteiger partial charge on any atom is -0.368 e. The van der Waals surface area contributed by atoms with Crippen LogP contribution in [0.5, 0.6) is 0 Å². The first kappa shape index (κ1) is 10.1. The number of aryl methyl sites for hydroxylation is 1. The highest BCUT2D eigenvalue weighted by molar-refractivity contribution is 4.95. The van der Waals surface area contributed by atoms with E-state index in [4.69, 9.17) is 10.3 Å².